The van der Waals surface area contributed by atoms with E-state index >= 15 is 0 Å². The molecule has 2 amide bonds. The van der Waals surface area contributed by atoms with Gasteiger partial charge in [0.15, 0.2) is 0 Å². The van der Waals surface area contributed by atoms with Gasteiger partial charge in [0, 0.05) is 8.95 Å². The molecule has 0 saturated heterocycles. The number of hydrogen-bond donors (Lipinski definition) is 2. The Kier molecular flexibility index (Phi) is 6.49. The van der Waals surface area contributed by atoms with Gasteiger partial charge in [0.1, 0.15) is 6.42 Å². The molecule has 0 fully saturated rings. The van der Waals surface area contributed by atoms with Crippen molar-refractivity contribution in [1.82, 2.24) is 5.43 Å². The van der Waals surface area contributed by atoms with Gasteiger partial charge in [0.25, 0.3) is 0 Å². The Labute approximate surface area is 150 Å². The molecule has 0 heterocycles. The van der Waals surface area contributed by atoms with Gasteiger partial charge in [0.2, 0.25) is 11.8 Å². The summed E-state index contributed by atoms with van der Waals surface area (Å²) in [6.07, 6.45) is 1.20. The summed E-state index contributed by atoms with van der Waals surface area (Å²) >= 11 is 6.66. The van der Waals surface area contributed by atoms with Crippen LogP contribution in [0, 0.1) is 0 Å². The van der Waals surface area contributed by atoms with E-state index in [2.05, 4.69) is 47.7 Å². The first kappa shape index (κ1) is 17.4. The van der Waals surface area contributed by atoms with E-state index in [0.29, 0.717) is 5.69 Å². The number of hydrazone groups is 1. The minimum absolute atomic E-state index is 0.307. The number of para-hydroxylation sites is 1. The summed E-state index contributed by atoms with van der Waals surface area (Å²) < 4.78 is 1.71. The molecule has 0 aliphatic rings. The predicted molar refractivity (Wildman–Crippen MR) is 97.3 cm³/mol. The number of rotatable bonds is 5. The largest absolute Gasteiger partial charge is 0.325 e. The number of hydrogen-bond acceptors (Lipinski definition) is 3. The molecule has 2 aromatic carbocycles. The summed E-state index contributed by atoms with van der Waals surface area (Å²) in [6.45, 7) is 0. The van der Waals surface area contributed by atoms with Crippen molar-refractivity contribution < 1.29 is 9.59 Å². The number of nitrogens with one attached hydrogen (secondary N) is 2. The van der Waals surface area contributed by atoms with Gasteiger partial charge in [0.05, 0.1) is 11.9 Å². The van der Waals surface area contributed by atoms with Crippen LogP contribution in [0.5, 0.6) is 0 Å². The van der Waals surface area contributed by atoms with Crippen molar-refractivity contribution in [3.63, 3.8) is 0 Å². The lowest BCUT2D eigenvalue weighted by Crippen LogP contribution is -2.24. The highest BCUT2D eigenvalue weighted by molar-refractivity contribution is 9.10. The predicted octanol–water partition coefficient (Wildman–Crippen LogP) is 3.69. The van der Waals surface area contributed by atoms with Crippen molar-refractivity contribution in [2.24, 2.45) is 5.10 Å². The molecule has 0 aromatic heterocycles. The van der Waals surface area contributed by atoms with Crippen molar-refractivity contribution in [3.8, 4) is 0 Å². The van der Waals surface area contributed by atoms with Crippen LogP contribution in [0.25, 0.3) is 0 Å². The van der Waals surface area contributed by atoms with E-state index in [0.717, 1.165) is 14.5 Å². The van der Waals surface area contributed by atoms with Crippen molar-refractivity contribution in [2.45, 2.75) is 6.42 Å². The second-order valence-electron chi connectivity index (χ2n) is 4.55. The fourth-order valence-electron chi connectivity index (χ4n) is 1.67. The van der Waals surface area contributed by atoms with Crippen LogP contribution in [-0.4, -0.2) is 18.0 Å². The highest BCUT2D eigenvalue weighted by Crippen LogP contribution is 2.21. The lowest BCUT2D eigenvalue weighted by atomic mass is 10.2. The van der Waals surface area contributed by atoms with Crippen LogP contribution < -0.4 is 10.7 Å². The SMILES string of the molecule is O=C(CC(=O)Nc1ccccc1Br)NN=Cc1ccc(Br)cc1. The zero-order valence-corrected chi connectivity index (χ0v) is 15.1. The summed E-state index contributed by atoms with van der Waals surface area (Å²) in [6, 6.07) is 14.6. The first-order valence-electron chi connectivity index (χ1n) is 6.66. The van der Waals surface area contributed by atoms with Gasteiger partial charge < -0.3 is 5.32 Å². The maximum atomic E-state index is 11.8. The van der Waals surface area contributed by atoms with Crippen LogP contribution >= 0.6 is 31.9 Å². The molecule has 0 aliphatic heterocycles. The topological polar surface area (TPSA) is 70.6 Å². The van der Waals surface area contributed by atoms with Crippen LogP contribution in [0.1, 0.15) is 12.0 Å². The molecular weight excluding hydrogens is 426 g/mol. The van der Waals surface area contributed by atoms with Gasteiger partial charge in [-0.2, -0.15) is 5.10 Å². The van der Waals surface area contributed by atoms with Crippen molar-refractivity contribution in [1.29, 1.82) is 0 Å². The molecule has 0 saturated carbocycles. The number of benzene rings is 2. The van der Waals surface area contributed by atoms with Gasteiger partial charge in [-0.3, -0.25) is 9.59 Å². The summed E-state index contributed by atoms with van der Waals surface area (Å²) in [5.41, 5.74) is 3.78. The second-order valence-corrected chi connectivity index (χ2v) is 6.32. The van der Waals surface area contributed by atoms with Crippen molar-refractivity contribution in [2.75, 3.05) is 5.32 Å². The van der Waals surface area contributed by atoms with Crippen molar-refractivity contribution >= 4 is 55.6 Å². The number of anilines is 1. The number of halogens is 2. The molecule has 0 radical (unpaired) electrons. The molecular formula is C16H13Br2N3O2. The summed E-state index contributed by atoms with van der Waals surface area (Å²) in [5, 5.41) is 6.47. The maximum Gasteiger partial charge on any atom is 0.249 e. The van der Waals surface area contributed by atoms with Gasteiger partial charge in [-0.25, -0.2) is 5.43 Å². The molecule has 0 bridgehead atoms. The van der Waals surface area contributed by atoms with Gasteiger partial charge in [-0.15, -0.1) is 0 Å². The van der Waals surface area contributed by atoms with E-state index in [4.69, 9.17) is 0 Å². The Hall–Kier alpha value is -1.99. The first-order valence-corrected chi connectivity index (χ1v) is 8.25. The fraction of sp³-hybridized carbons (Fsp3) is 0.0625. The molecule has 23 heavy (non-hydrogen) atoms. The summed E-state index contributed by atoms with van der Waals surface area (Å²) in [4.78, 5) is 23.5. The number of nitrogens with zero attached hydrogens (tertiary/aromatic N) is 1. The lowest BCUT2D eigenvalue weighted by Gasteiger charge is -2.06. The molecule has 5 nitrogen and oxygen atoms in total. The van der Waals surface area contributed by atoms with Gasteiger partial charge in [-0.05, 0) is 45.8 Å². The Morgan fingerprint density at radius 3 is 2.39 bits per heavy atom. The Balaban J connectivity index is 1.81. The Morgan fingerprint density at radius 1 is 1.00 bits per heavy atom. The molecule has 2 rings (SSSR count). The Bertz CT molecular complexity index is 730. The van der Waals surface area contributed by atoms with Gasteiger partial charge in [-0.1, -0.05) is 40.2 Å². The maximum absolute atomic E-state index is 11.8. The summed E-state index contributed by atoms with van der Waals surface area (Å²) in [5.74, 6) is -0.892. The molecule has 0 spiro atoms. The van der Waals surface area contributed by atoms with Crippen LogP contribution in [0.4, 0.5) is 5.69 Å². The fourth-order valence-corrected chi connectivity index (χ4v) is 2.32. The van der Waals surface area contributed by atoms with E-state index in [1.807, 2.05) is 30.3 Å². The number of amides is 2. The zero-order valence-electron chi connectivity index (χ0n) is 11.9. The van der Waals surface area contributed by atoms with E-state index < -0.39 is 11.8 Å². The minimum atomic E-state index is -0.483. The third-order valence-electron chi connectivity index (χ3n) is 2.74. The first-order chi connectivity index (χ1) is 11.0. The average Bonchev–Trinajstić information content (AvgIpc) is 2.51. The Morgan fingerprint density at radius 2 is 1.70 bits per heavy atom. The third kappa shape index (κ3) is 5.96. The molecule has 0 unspecified atom stereocenters. The average molecular weight is 439 g/mol. The molecule has 2 aromatic rings. The lowest BCUT2D eigenvalue weighted by molar-refractivity contribution is -0.126. The van der Waals surface area contributed by atoms with E-state index in [1.165, 1.54) is 6.21 Å². The molecule has 118 valence electrons. The molecule has 0 atom stereocenters. The van der Waals surface area contributed by atoms with E-state index in [-0.39, 0.29) is 6.42 Å². The summed E-state index contributed by atoms with van der Waals surface area (Å²) in [7, 11) is 0. The van der Waals surface area contributed by atoms with Crippen LogP contribution in [0.3, 0.4) is 0 Å². The minimum Gasteiger partial charge on any atom is -0.325 e. The molecule has 2 N–H and O–H groups in total. The van der Waals surface area contributed by atoms with Crippen LogP contribution in [-0.2, 0) is 9.59 Å². The van der Waals surface area contributed by atoms with E-state index in [1.54, 1.807) is 18.2 Å². The standard InChI is InChI=1S/C16H13Br2N3O2/c17-12-7-5-11(6-8-12)10-19-21-16(23)9-15(22)20-14-4-2-1-3-13(14)18/h1-8,10H,9H2,(H,20,22)(H,21,23). The van der Waals surface area contributed by atoms with Crippen LogP contribution in [0.15, 0.2) is 62.6 Å². The number of carbonyl (C=O) groups is 2. The molecule has 0 aliphatic carbocycles. The van der Waals surface area contributed by atoms with Crippen LogP contribution in [0.2, 0.25) is 0 Å². The quantitative estimate of drug-likeness (QED) is 0.424. The monoisotopic (exact) mass is 437 g/mol. The highest BCUT2D eigenvalue weighted by atomic mass is 79.9. The molecule has 7 heteroatoms. The third-order valence-corrected chi connectivity index (χ3v) is 3.96. The smallest absolute Gasteiger partial charge is 0.249 e. The van der Waals surface area contributed by atoms with Crippen molar-refractivity contribution in [3.05, 3.63) is 63.0 Å². The zero-order chi connectivity index (χ0) is 16.7. The number of carbonyl (C=O) groups excluding carboxylic acids is 2. The second kappa shape index (κ2) is 8.59. The highest BCUT2D eigenvalue weighted by Gasteiger charge is 2.10. The normalized spacial score (nSPS) is 10.5. The van der Waals surface area contributed by atoms with E-state index in [9.17, 15) is 9.59 Å². The van der Waals surface area contributed by atoms with Gasteiger partial charge >= 0.3 is 0 Å².